The number of hydrogen-bond acceptors (Lipinski definition) is 4. The first kappa shape index (κ1) is 14.9. The van der Waals surface area contributed by atoms with Crippen molar-refractivity contribution in [3.63, 3.8) is 0 Å². The van der Waals surface area contributed by atoms with Gasteiger partial charge in [0.15, 0.2) is 8.32 Å². The lowest BCUT2D eigenvalue weighted by Gasteiger charge is -2.35. The van der Waals surface area contributed by atoms with Gasteiger partial charge in [0, 0.05) is 6.07 Å². The molecule has 0 saturated carbocycles. The lowest BCUT2D eigenvalue weighted by atomic mass is 10.2. The molecule has 0 atom stereocenters. The second kappa shape index (κ2) is 5.24. The van der Waals surface area contributed by atoms with Gasteiger partial charge in [-0.3, -0.25) is 4.79 Å². The fourth-order valence-corrected chi connectivity index (χ4v) is 2.07. The Balaban J connectivity index is 2.59. The van der Waals surface area contributed by atoms with Crippen LogP contribution in [0.25, 0.3) is 0 Å². The maximum Gasteiger partial charge on any atom is 0.311 e. The van der Waals surface area contributed by atoms with Gasteiger partial charge in [0.2, 0.25) is 0 Å². The van der Waals surface area contributed by atoms with Crippen molar-refractivity contribution in [1.82, 2.24) is 5.16 Å². The van der Waals surface area contributed by atoms with Crippen LogP contribution in [0.4, 0.5) is 0 Å². The summed E-state index contributed by atoms with van der Waals surface area (Å²) in [4.78, 5) is 10.5. The minimum Gasteiger partial charge on any atom is -0.481 e. The third-order valence-corrected chi connectivity index (χ3v) is 7.80. The average Bonchev–Trinajstić information content (AvgIpc) is 2.60. The molecule has 0 amide bonds. The van der Waals surface area contributed by atoms with Crippen molar-refractivity contribution in [1.29, 1.82) is 0 Å². The summed E-state index contributed by atoms with van der Waals surface area (Å²) in [5.41, 5.74) is 0.649. The molecule has 0 aliphatic carbocycles. The van der Waals surface area contributed by atoms with Crippen molar-refractivity contribution in [3.05, 3.63) is 17.5 Å². The Morgan fingerprint density at radius 1 is 1.50 bits per heavy atom. The molecule has 0 spiro atoms. The Labute approximate surface area is 108 Å². The monoisotopic (exact) mass is 271 g/mol. The predicted octanol–water partition coefficient (Wildman–Crippen LogP) is 2.82. The van der Waals surface area contributed by atoms with Crippen molar-refractivity contribution < 1.29 is 18.9 Å². The van der Waals surface area contributed by atoms with Crippen LogP contribution in [0.15, 0.2) is 10.6 Å². The molecule has 1 aromatic rings. The highest BCUT2D eigenvalue weighted by Gasteiger charge is 2.37. The van der Waals surface area contributed by atoms with Crippen LogP contribution in [0.5, 0.6) is 0 Å². The highest BCUT2D eigenvalue weighted by Crippen LogP contribution is 2.36. The largest absolute Gasteiger partial charge is 0.481 e. The lowest BCUT2D eigenvalue weighted by Crippen LogP contribution is -2.40. The summed E-state index contributed by atoms with van der Waals surface area (Å²) in [6, 6.07) is 1.64. The molecular formula is C12H21NO4Si. The minimum atomic E-state index is -1.81. The number of aliphatic carboxylic acids is 1. The second-order valence-electron chi connectivity index (χ2n) is 5.90. The Morgan fingerprint density at radius 3 is 2.61 bits per heavy atom. The number of carboxylic acid groups (broad SMARTS) is 1. The number of nitrogens with zero attached hydrogens (tertiary/aromatic N) is 1. The molecule has 6 heteroatoms. The van der Waals surface area contributed by atoms with Gasteiger partial charge in [-0.05, 0) is 18.1 Å². The van der Waals surface area contributed by atoms with Gasteiger partial charge in [0.25, 0.3) is 0 Å². The molecule has 0 radical (unpaired) electrons. The molecule has 0 saturated heterocycles. The molecule has 0 aliphatic heterocycles. The fraction of sp³-hybridized carbons (Fsp3) is 0.667. The molecule has 0 unspecified atom stereocenters. The van der Waals surface area contributed by atoms with Crippen LogP contribution in [-0.2, 0) is 22.2 Å². The van der Waals surface area contributed by atoms with Gasteiger partial charge in [0.1, 0.15) is 17.9 Å². The van der Waals surface area contributed by atoms with Crippen molar-refractivity contribution in [2.75, 3.05) is 0 Å². The van der Waals surface area contributed by atoms with Crippen LogP contribution >= 0.6 is 0 Å². The van der Waals surface area contributed by atoms with Gasteiger partial charge in [-0.1, -0.05) is 25.9 Å². The topological polar surface area (TPSA) is 72.6 Å². The average molecular weight is 271 g/mol. The third-order valence-electron chi connectivity index (χ3n) is 3.32. The Morgan fingerprint density at radius 2 is 2.11 bits per heavy atom. The number of rotatable bonds is 5. The molecule has 18 heavy (non-hydrogen) atoms. The van der Waals surface area contributed by atoms with Gasteiger partial charge in [0.05, 0.1) is 6.61 Å². The zero-order valence-electron chi connectivity index (χ0n) is 11.6. The van der Waals surface area contributed by atoms with Crippen LogP contribution in [0.2, 0.25) is 18.1 Å². The van der Waals surface area contributed by atoms with Crippen LogP contribution in [0.1, 0.15) is 32.2 Å². The van der Waals surface area contributed by atoms with Crippen molar-refractivity contribution in [2.45, 2.75) is 51.9 Å². The first-order chi connectivity index (χ1) is 8.12. The summed E-state index contributed by atoms with van der Waals surface area (Å²) in [7, 11) is -1.81. The standard InChI is InChI=1S/C12H21NO4Si/c1-12(2,3)18(4,5)16-8-9-6-10(17-13-9)7-11(14)15/h6H,7-8H2,1-5H3,(H,14,15). The van der Waals surface area contributed by atoms with Crippen LogP contribution in [0, 0.1) is 0 Å². The quantitative estimate of drug-likeness (QED) is 0.834. The van der Waals surface area contributed by atoms with Gasteiger partial charge >= 0.3 is 5.97 Å². The maximum absolute atomic E-state index is 10.5. The van der Waals surface area contributed by atoms with Crippen LogP contribution in [-0.4, -0.2) is 24.5 Å². The van der Waals surface area contributed by atoms with E-state index in [4.69, 9.17) is 14.1 Å². The number of hydrogen-bond donors (Lipinski definition) is 1. The van der Waals surface area contributed by atoms with Gasteiger partial charge in [-0.15, -0.1) is 0 Å². The van der Waals surface area contributed by atoms with Gasteiger partial charge < -0.3 is 14.1 Å². The summed E-state index contributed by atoms with van der Waals surface area (Å²) in [6.45, 7) is 11.2. The zero-order chi connectivity index (χ0) is 14.0. The molecule has 0 aliphatic rings. The predicted molar refractivity (Wildman–Crippen MR) is 69.8 cm³/mol. The van der Waals surface area contributed by atoms with Crippen molar-refractivity contribution in [2.24, 2.45) is 0 Å². The smallest absolute Gasteiger partial charge is 0.311 e. The maximum atomic E-state index is 10.5. The van der Waals surface area contributed by atoms with Crippen molar-refractivity contribution in [3.8, 4) is 0 Å². The summed E-state index contributed by atoms with van der Waals surface area (Å²) in [6.07, 6.45) is -0.146. The molecule has 1 N–H and O–H groups in total. The van der Waals surface area contributed by atoms with E-state index in [1.165, 1.54) is 0 Å². The second-order valence-corrected chi connectivity index (χ2v) is 10.7. The molecular weight excluding hydrogens is 250 g/mol. The Bertz CT molecular complexity index is 420. The lowest BCUT2D eigenvalue weighted by molar-refractivity contribution is -0.136. The summed E-state index contributed by atoms with van der Waals surface area (Å²) in [5, 5.41) is 12.6. The number of aromatic nitrogens is 1. The molecule has 5 nitrogen and oxygen atoms in total. The van der Waals surface area contributed by atoms with Crippen LogP contribution < -0.4 is 0 Å². The zero-order valence-corrected chi connectivity index (χ0v) is 12.6. The first-order valence-electron chi connectivity index (χ1n) is 5.92. The van der Waals surface area contributed by atoms with Crippen LogP contribution in [0.3, 0.4) is 0 Å². The van der Waals surface area contributed by atoms with E-state index in [0.717, 1.165) is 0 Å². The van der Waals surface area contributed by atoms with Gasteiger partial charge in [-0.2, -0.15) is 0 Å². The van der Waals surface area contributed by atoms with E-state index >= 15 is 0 Å². The van der Waals surface area contributed by atoms with E-state index in [0.29, 0.717) is 18.1 Å². The third kappa shape index (κ3) is 3.96. The Hall–Kier alpha value is -1.14. The Kier molecular flexibility index (Phi) is 4.34. The van der Waals surface area contributed by atoms with Gasteiger partial charge in [-0.25, -0.2) is 0 Å². The molecule has 0 bridgehead atoms. The van der Waals surface area contributed by atoms with E-state index in [1.54, 1.807) is 6.07 Å². The summed E-state index contributed by atoms with van der Waals surface area (Å²) in [5.74, 6) is -0.570. The van der Waals surface area contributed by atoms with E-state index in [-0.39, 0.29) is 11.5 Å². The first-order valence-corrected chi connectivity index (χ1v) is 8.83. The van der Waals surface area contributed by atoms with E-state index < -0.39 is 14.3 Å². The minimum absolute atomic E-state index is 0.140. The normalized spacial score (nSPS) is 12.7. The number of carbonyl (C=O) groups is 1. The molecule has 0 fully saturated rings. The van der Waals surface area contributed by atoms with E-state index in [2.05, 4.69) is 39.0 Å². The molecule has 1 aromatic heterocycles. The SMILES string of the molecule is CC(C)(C)[Si](C)(C)OCc1cc(CC(=O)O)on1. The van der Waals surface area contributed by atoms with E-state index in [9.17, 15) is 4.79 Å². The van der Waals surface area contributed by atoms with Crippen molar-refractivity contribution >= 4 is 14.3 Å². The highest BCUT2D eigenvalue weighted by molar-refractivity contribution is 6.74. The highest BCUT2D eigenvalue weighted by atomic mass is 28.4. The number of carboxylic acids is 1. The molecule has 102 valence electrons. The molecule has 1 rings (SSSR count). The fourth-order valence-electron chi connectivity index (χ4n) is 1.13. The molecule has 0 aromatic carbocycles. The van der Waals surface area contributed by atoms with E-state index in [1.807, 2.05) is 0 Å². The summed E-state index contributed by atoms with van der Waals surface area (Å²) >= 11 is 0. The summed E-state index contributed by atoms with van der Waals surface area (Å²) < 4.78 is 10.9. The molecule has 1 heterocycles.